The van der Waals surface area contributed by atoms with E-state index >= 15 is 0 Å². The van der Waals surface area contributed by atoms with E-state index in [0.717, 1.165) is 18.9 Å². The molecular weight excluding hydrogens is 450 g/mol. The van der Waals surface area contributed by atoms with E-state index < -0.39 is 29.7 Å². The van der Waals surface area contributed by atoms with Crippen molar-refractivity contribution in [3.8, 4) is 6.07 Å². The molecule has 0 aromatic heterocycles. The van der Waals surface area contributed by atoms with Gasteiger partial charge in [-0.2, -0.15) is 5.26 Å². The molecule has 1 heterocycles. The number of esters is 2. The second-order valence-electron chi connectivity index (χ2n) is 6.92. The zero-order valence-electron chi connectivity index (χ0n) is 18.5. The first kappa shape index (κ1) is 25.9. The van der Waals surface area contributed by atoms with Crippen molar-refractivity contribution in [2.24, 2.45) is 5.92 Å². The Kier molecular flexibility index (Phi) is 9.90. The lowest BCUT2D eigenvalue weighted by molar-refractivity contribution is -0.150. The Balaban J connectivity index is 2.34. The topological polar surface area (TPSA) is 144 Å². The first-order valence-corrected chi connectivity index (χ1v) is 11.0. The largest absolute Gasteiger partial charge is 0.468 e. The first-order chi connectivity index (χ1) is 15.9. The van der Waals surface area contributed by atoms with Gasteiger partial charge in [0.2, 0.25) is 11.8 Å². The van der Waals surface area contributed by atoms with Crippen LogP contribution in [0, 0.1) is 17.2 Å². The molecule has 0 bridgehead atoms. The maximum Gasteiger partial charge on any atom is 0.337 e. The summed E-state index contributed by atoms with van der Waals surface area (Å²) in [7, 11) is 3.98. The quantitative estimate of drug-likeness (QED) is 0.289. The summed E-state index contributed by atoms with van der Waals surface area (Å²) >= 11 is 0.993. The molecule has 10 nitrogen and oxygen atoms in total. The fourth-order valence-electron chi connectivity index (χ4n) is 3.26. The van der Waals surface area contributed by atoms with Gasteiger partial charge in [-0.25, -0.2) is 4.79 Å². The van der Waals surface area contributed by atoms with Gasteiger partial charge in [-0.05, 0) is 24.1 Å². The number of ether oxygens (including phenoxy) is 3. The molecule has 0 saturated heterocycles. The van der Waals surface area contributed by atoms with Crippen LogP contribution in [0.5, 0.6) is 0 Å². The highest BCUT2D eigenvalue weighted by molar-refractivity contribution is 8.03. The minimum atomic E-state index is -1.30. The van der Waals surface area contributed by atoms with Crippen LogP contribution < -0.4 is 10.6 Å². The van der Waals surface area contributed by atoms with Crippen molar-refractivity contribution in [2.45, 2.75) is 12.3 Å². The van der Waals surface area contributed by atoms with Gasteiger partial charge in [-0.1, -0.05) is 23.9 Å². The molecule has 2 amide bonds. The zero-order valence-corrected chi connectivity index (χ0v) is 19.3. The number of rotatable bonds is 10. The summed E-state index contributed by atoms with van der Waals surface area (Å²) < 4.78 is 14.4. The normalized spacial score (nSPS) is 17.6. The van der Waals surface area contributed by atoms with Crippen LogP contribution in [0.3, 0.4) is 0 Å². The Labute approximate surface area is 195 Å². The van der Waals surface area contributed by atoms with Gasteiger partial charge in [-0.15, -0.1) is 0 Å². The molecule has 2 atom stereocenters. The highest BCUT2D eigenvalue weighted by Crippen LogP contribution is 2.40. The van der Waals surface area contributed by atoms with Crippen LogP contribution in [-0.2, 0) is 28.6 Å². The summed E-state index contributed by atoms with van der Waals surface area (Å²) in [6.45, 7) is 0.946. The average molecular weight is 476 g/mol. The van der Waals surface area contributed by atoms with Gasteiger partial charge in [0.15, 0.2) is 0 Å². The molecule has 0 spiro atoms. The van der Waals surface area contributed by atoms with Crippen molar-refractivity contribution in [1.82, 2.24) is 10.6 Å². The van der Waals surface area contributed by atoms with Crippen molar-refractivity contribution in [2.75, 3.05) is 40.2 Å². The summed E-state index contributed by atoms with van der Waals surface area (Å²) in [5.41, 5.74) is 0.859. The Morgan fingerprint density at radius 3 is 2.42 bits per heavy atom. The number of amides is 2. The van der Waals surface area contributed by atoms with Crippen molar-refractivity contribution in [3.63, 3.8) is 0 Å². The molecule has 0 radical (unpaired) electrons. The highest BCUT2D eigenvalue weighted by atomic mass is 32.2. The van der Waals surface area contributed by atoms with Crippen LogP contribution >= 0.6 is 11.8 Å². The maximum atomic E-state index is 12.8. The number of carbonyl (C=O) groups is 4. The standard InChI is InChI=1S/C22H25N3O7S/c1-30-10-4-9-24-16(26)12-33-20-15(11-23)17(18(19(27)25-20)22(29)32-3)13-5-7-14(8-6-13)21(28)31-2/h5-8,17-18H,4,9-10,12H2,1-3H3,(H,24,26)(H,25,27)/t17-,18-/m0/s1. The zero-order chi connectivity index (χ0) is 24.4. The average Bonchev–Trinajstić information content (AvgIpc) is 2.84. The van der Waals surface area contributed by atoms with Crippen LogP contribution in [0.25, 0.3) is 0 Å². The van der Waals surface area contributed by atoms with Gasteiger partial charge in [0.05, 0.1) is 42.2 Å². The third-order valence-electron chi connectivity index (χ3n) is 4.87. The Hall–Kier alpha value is -3.36. The minimum absolute atomic E-state index is 0.0370. The lowest BCUT2D eigenvalue weighted by Gasteiger charge is -2.31. The minimum Gasteiger partial charge on any atom is -0.468 e. The van der Waals surface area contributed by atoms with Crippen LogP contribution in [-0.4, -0.2) is 64.0 Å². The molecular formula is C22H25N3O7S. The van der Waals surface area contributed by atoms with Crippen molar-refractivity contribution < 1.29 is 33.4 Å². The Morgan fingerprint density at radius 1 is 1.15 bits per heavy atom. The number of nitriles is 1. The molecule has 33 heavy (non-hydrogen) atoms. The highest BCUT2D eigenvalue weighted by Gasteiger charge is 2.44. The molecule has 0 fully saturated rings. The predicted octanol–water partition coefficient (Wildman–Crippen LogP) is 1.10. The number of nitrogens with zero attached hydrogens (tertiary/aromatic N) is 1. The monoisotopic (exact) mass is 475 g/mol. The molecule has 0 aliphatic carbocycles. The fraction of sp³-hybridized carbons (Fsp3) is 0.409. The number of thioether (sulfide) groups is 1. The van der Waals surface area contributed by atoms with E-state index in [0.29, 0.717) is 25.1 Å². The van der Waals surface area contributed by atoms with E-state index in [4.69, 9.17) is 9.47 Å². The second kappa shape index (κ2) is 12.6. The van der Waals surface area contributed by atoms with Crippen LogP contribution in [0.2, 0.25) is 0 Å². The molecule has 1 aromatic carbocycles. The van der Waals surface area contributed by atoms with E-state index in [1.165, 1.54) is 19.2 Å². The second-order valence-corrected chi connectivity index (χ2v) is 7.91. The Bertz CT molecular complexity index is 969. The summed E-state index contributed by atoms with van der Waals surface area (Å²) in [6.07, 6.45) is 0.653. The predicted molar refractivity (Wildman–Crippen MR) is 119 cm³/mol. The van der Waals surface area contributed by atoms with Gasteiger partial charge in [0, 0.05) is 26.2 Å². The number of hydrogen-bond donors (Lipinski definition) is 2. The van der Waals surface area contributed by atoms with Gasteiger partial charge in [-0.3, -0.25) is 14.4 Å². The fourth-order valence-corrected chi connectivity index (χ4v) is 4.14. The molecule has 1 aromatic rings. The van der Waals surface area contributed by atoms with E-state index in [2.05, 4.69) is 21.4 Å². The number of nitrogens with one attached hydrogen (secondary N) is 2. The van der Waals surface area contributed by atoms with Crippen molar-refractivity contribution >= 4 is 35.5 Å². The van der Waals surface area contributed by atoms with E-state index in [9.17, 15) is 24.4 Å². The molecule has 1 aliphatic rings. The molecule has 2 rings (SSSR count). The molecule has 176 valence electrons. The number of allylic oxidation sites excluding steroid dienone is 1. The number of benzene rings is 1. The van der Waals surface area contributed by atoms with Gasteiger partial charge < -0.3 is 24.8 Å². The van der Waals surface area contributed by atoms with Crippen LogP contribution in [0.4, 0.5) is 0 Å². The maximum absolute atomic E-state index is 12.8. The molecule has 2 N–H and O–H groups in total. The van der Waals surface area contributed by atoms with Gasteiger partial charge >= 0.3 is 11.9 Å². The summed E-state index contributed by atoms with van der Waals surface area (Å²) in [4.78, 5) is 49.1. The summed E-state index contributed by atoms with van der Waals surface area (Å²) in [5, 5.41) is 15.4. The SMILES string of the molecule is COCCCNC(=O)CSC1=C(C#N)[C@H](c2ccc(C(=O)OC)cc2)[C@H](C(=O)OC)C(=O)N1. The first-order valence-electron chi connectivity index (χ1n) is 9.97. The summed E-state index contributed by atoms with van der Waals surface area (Å²) in [6, 6.07) is 8.13. The Morgan fingerprint density at radius 2 is 1.85 bits per heavy atom. The molecule has 0 saturated carbocycles. The third-order valence-corrected chi connectivity index (χ3v) is 5.89. The molecule has 1 aliphatic heterocycles. The molecule has 0 unspecified atom stereocenters. The third kappa shape index (κ3) is 6.57. The van der Waals surface area contributed by atoms with E-state index in [1.807, 2.05) is 0 Å². The van der Waals surface area contributed by atoms with Crippen LogP contribution in [0.15, 0.2) is 34.9 Å². The van der Waals surface area contributed by atoms with Gasteiger partial charge in [0.25, 0.3) is 0 Å². The smallest absolute Gasteiger partial charge is 0.337 e. The van der Waals surface area contributed by atoms with Gasteiger partial charge in [0.1, 0.15) is 5.92 Å². The van der Waals surface area contributed by atoms with E-state index in [1.54, 1.807) is 19.2 Å². The van der Waals surface area contributed by atoms with Crippen molar-refractivity contribution in [1.29, 1.82) is 5.26 Å². The van der Waals surface area contributed by atoms with E-state index in [-0.39, 0.29) is 27.8 Å². The lowest BCUT2D eigenvalue weighted by Crippen LogP contribution is -2.44. The number of hydrogen-bond acceptors (Lipinski definition) is 9. The number of methoxy groups -OCH3 is 3. The van der Waals surface area contributed by atoms with Crippen LogP contribution in [0.1, 0.15) is 28.3 Å². The molecule has 11 heteroatoms. The lowest BCUT2D eigenvalue weighted by atomic mass is 9.78. The van der Waals surface area contributed by atoms with Crippen molar-refractivity contribution in [3.05, 3.63) is 46.0 Å². The summed E-state index contributed by atoms with van der Waals surface area (Å²) in [5.74, 6) is -4.56. The number of carbonyl (C=O) groups excluding carboxylic acids is 4.